The molecule has 74 valence electrons. The van der Waals surface area contributed by atoms with Crippen LogP contribution in [0.15, 0.2) is 24.8 Å². The number of hydrogen-bond acceptors (Lipinski definition) is 3. The molecule has 0 saturated carbocycles. The minimum Gasteiger partial charge on any atom is -0.382 e. The summed E-state index contributed by atoms with van der Waals surface area (Å²) in [5.74, 6) is 0.577. The van der Waals surface area contributed by atoms with Gasteiger partial charge in [0, 0.05) is 30.7 Å². The van der Waals surface area contributed by atoms with E-state index in [1.54, 1.807) is 12.5 Å². The summed E-state index contributed by atoms with van der Waals surface area (Å²) in [7, 11) is 0. The predicted molar refractivity (Wildman–Crippen MR) is 53.6 cm³/mol. The van der Waals surface area contributed by atoms with Gasteiger partial charge in [0.05, 0.1) is 12.9 Å². The van der Waals surface area contributed by atoms with E-state index in [1.165, 1.54) is 0 Å². The lowest BCUT2D eigenvalue weighted by Gasteiger charge is -2.04. The molecule has 5 heteroatoms. The molecule has 0 saturated heterocycles. The normalized spacial score (nSPS) is 10.6. The summed E-state index contributed by atoms with van der Waals surface area (Å²) in [6.07, 6.45) is 5.49. The molecule has 0 amide bonds. The first-order valence-corrected chi connectivity index (χ1v) is 4.51. The fraction of sp³-hybridized carbons (Fsp3) is 0.333. The lowest BCUT2D eigenvalue weighted by atomic mass is 10.4. The molecule has 0 unspecified atom stereocenters. The molecular formula is C9H13N5. The molecule has 14 heavy (non-hydrogen) atoms. The molecule has 0 aliphatic carbocycles. The molecular weight excluding hydrogens is 178 g/mol. The maximum absolute atomic E-state index is 5.58. The monoisotopic (exact) mass is 191 g/mol. The number of rotatable bonds is 3. The van der Waals surface area contributed by atoms with Crippen molar-refractivity contribution in [2.45, 2.75) is 20.0 Å². The number of anilines is 1. The number of nitrogens with two attached hydrogens (primary N) is 1. The third-order valence-corrected chi connectivity index (χ3v) is 2.13. The van der Waals surface area contributed by atoms with Crippen LogP contribution in [0.1, 0.15) is 5.69 Å². The Bertz CT molecular complexity index is 401. The van der Waals surface area contributed by atoms with Crippen LogP contribution in [0, 0.1) is 6.92 Å². The number of aryl methyl sites for hydroxylation is 3. The van der Waals surface area contributed by atoms with Crippen LogP contribution in [0.2, 0.25) is 0 Å². The molecule has 2 aromatic heterocycles. The standard InChI is InChI=1S/C9H13N5/c1-8-6-9(10)12-14(8)5-4-13-3-2-11-7-13/h2-3,6-7H,4-5H2,1H3,(H2,10,12). The summed E-state index contributed by atoms with van der Waals surface area (Å²) in [6, 6.07) is 1.87. The molecule has 0 spiro atoms. The molecule has 0 fully saturated rings. The molecule has 2 heterocycles. The molecule has 2 rings (SSSR count). The van der Waals surface area contributed by atoms with Crippen molar-refractivity contribution in [2.24, 2.45) is 0 Å². The average molecular weight is 191 g/mol. The van der Waals surface area contributed by atoms with Crippen molar-refractivity contribution in [3.05, 3.63) is 30.5 Å². The molecule has 0 radical (unpaired) electrons. The summed E-state index contributed by atoms with van der Waals surface area (Å²) in [5.41, 5.74) is 6.66. The smallest absolute Gasteiger partial charge is 0.145 e. The van der Waals surface area contributed by atoms with Gasteiger partial charge in [0.25, 0.3) is 0 Å². The highest BCUT2D eigenvalue weighted by molar-refractivity contribution is 5.28. The van der Waals surface area contributed by atoms with Crippen molar-refractivity contribution in [1.82, 2.24) is 19.3 Å². The molecule has 2 aromatic rings. The van der Waals surface area contributed by atoms with E-state index in [0.717, 1.165) is 18.8 Å². The van der Waals surface area contributed by atoms with Gasteiger partial charge in [-0.2, -0.15) is 5.10 Å². The van der Waals surface area contributed by atoms with E-state index in [-0.39, 0.29) is 0 Å². The van der Waals surface area contributed by atoms with Crippen LogP contribution < -0.4 is 5.73 Å². The second kappa shape index (κ2) is 3.53. The van der Waals surface area contributed by atoms with E-state index < -0.39 is 0 Å². The van der Waals surface area contributed by atoms with Crippen LogP contribution >= 0.6 is 0 Å². The first kappa shape index (κ1) is 8.80. The first-order valence-electron chi connectivity index (χ1n) is 4.51. The Morgan fingerprint density at radius 3 is 2.86 bits per heavy atom. The summed E-state index contributed by atoms with van der Waals surface area (Å²) in [6.45, 7) is 3.68. The predicted octanol–water partition coefficient (Wildman–Crippen LogP) is 0.670. The van der Waals surface area contributed by atoms with Crippen LogP contribution in [-0.2, 0) is 13.1 Å². The quantitative estimate of drug-likeness (QED) is 0.775. The van der Waals surface area contributed by atoms with Gasteiger partial charge in [-0.3, -0.25) is 4.68 Å². The summed E-state index contributed by atoms with van der Waals surface area (Å²) < 4.78 is 3.91. The zero-order chi connectivity index (χ0) is 9.97. The van der Waals surface area contributed by atoms with Crippen LogP contribution in [0.4, 0.5) is 5.82 Å². The van der Waals surface area contributed by atoms with Gasteiger partial charge in [-0.05, 0) is 6.92 Å². The fourth-order valence-corrected chi connectivity index (χ4v) is 1.39. The second-order valence-corrected chi connectivity index (χ2v) is 3.23. The van der Waals surface area contributed by atoms with E-state index in [4.69, 9.17) is 5.73 Å². The maximum atomic E-state index is 5.58. The Hall–Kier alpha value is -1.78. The zero-order valence-electron chi connectivity index (χ0n) is 8.09. The third-order valence-electron chi connectivity index (χ3n) is 2.13. The number of nitrogen functional groups attached to an aromatic ring is 1. The number of hydrogen-bond donors (Lipinski definition) is 1. The molecule has 0 aliphatic heterocycles. The molecule has 0 aliphatic rings. The van der Waals surface area contributed by atoms with Gasteiger partial charge in [-0.15, -0.1) is 0 Å². The van der Waals surface area contributed by atoms with Crippen molar-refractivity contribution in [3.8, 4) is 0 Å². The van der Waals surface area contributed by atoms with Crippen LogP contribution in [-0.4, -0.2) is 19.3 Å². The lowest BCUT2D eigenvalue weighted by Crippen LogP contribution is -2.08. The van der Waals surface area contributed by atoms with Crippen LogP contribution in [0.25, 0.3) is 0 Å². The highest BCUT2D eigenvalue weighted by atomic mass is 15.3. The Balaban J connectivity index is 2.01. The minimum atomic E-state index is 0.577. The van der Waals surface area contributed by atoms with Crippen molar-refractivity contribution < 1.29 is 0 Å². The third kappa shape index (κ3) is 1.76. The molecule has 0 atom stereocenters. The maximum Gasteiger partial charge on any atom is 0.145 e. The molecule has 2 N–H and O–H groups in total. The van der Waals surface area contributed by atoms with Gasteiger partial charge in [0.2, 0.25) is 0 Å². The Labute approximate surface area is 82.2 Å². The summed E-state index contributed by atoms with van der Waals surface area (Å²) >= 11 is 0. The zero-order valence-corrected chi connectivity index (χ0v) is 8.09. The molecule has 0 bridgehead atoms. The van der Waals surface area contributed by atoms with Gasteiger partial charge < -0.3 is 10.3 Å². The Morgan fingerprint density at radius 2 is 2.29 bits per heavy atom. The number of imidazole rings is 1. The van der Waals surface area contributed by atoms with E-state index >= 15 is 0 Å². The van der Waals surface area contributed by atoms with Gasteiger partial charge in [-0.25, -0.2) is 4.98 Å². The van der Waals surface area contributed by atoms with Gasteiger partial charge in [-0.1, -0.05) is 0 Å². The van der Waals surface area contributed by atoms with Crippen molar-refractivity contribution in [3.63, 3.8) is 0 Å². The van der Waals surface area contributed by atoms with E-state index in [0.29, 0.717) is 5.82 Å². The van der Waals surface area contributed by atoms with Crippen LogP contribution in [0.5, 0.6) is 0 Å². The SMILES string of the molecule is Cc1cc(N)nn1CCn1ccnc1. The molecule has 0 aromatic carbocycles. The van der Waals surface area contributed by atoms with Crippen molar-refractivity contribution in [2.75, 3.05) is 5.73 Å². The number of aromatic nitrogens is 4. The highest BCUT2D eigenvalue weighted by Crippen LogP contribution is 2.04. The summed E-state index contributed by atoms with van der Waals surface area (Å²) in [4.78, 5) is 3.97. The first-order chi connectivity index (χ1) is 6.75. The minimum absolute atomic E-state index is 0.577. The van der Waals surface area contributed by atoms with Crippen molar-refractivity contribution >= 4 is 5.82 Å². The van der Waals surface area contributed by atoms with Crippen LogP contribution in [0.3, 0.4) is 0 Å². The molecule has 5 nitrogen and oxygen atoms in total. The average Bonchev–Trinajstić information content (AvgIpc) is 2.72. The highest BCUT2D eigenvalue weighted by Gasteiger charge is 2.00. The van der Waals surface area contributed by atoms with Gasteiger partial charge in [0.15, 0.2) is 0 Å². The van der Waals surface area contributed by atoms with E-state index in [2.05, 4.69) is 10.1 Å². The Morgan fingerprint density at radius 1 is 1.43 bits per heavy atom. The number of nitrogens with zero attached hydrogens (tertiary/aromatic N) is 4. The van der Waals surface area contributed by atoms with Gasteiger partial charge in [0.1, 0.15) is 5.82 Å². The van der Waals surface area contributed by atoms with Gasteiger partial charge >= 0.3 is 0 Å². The fourth-order valence-electron chi connectivity index (χ4n) is 1.39. The van der Waals surface area contributed by atoms with E-state index in [9.17, 15) is 0 Å². The Kier molecular flexibility index (Phi) is 2.22. The lowest BCUT2D eigenvalue weighted by molar-refractivity contribution is 0.524. The summed E-state index contributed by atoms with van der Waals surface area (Å²) in [5, 5.41) is 4.17. The topological polar surface area (TPSA) is 61.7 Å². The van der Waals surface area contributed by atoms with Crippen molar-refractivity contribution in [1.29, 1.82) is 0 Å². The van der Waals surface area contributed by atoms with E-state index in [1.807, 2.05) is 28.4 Å². The largest absolute Gasteiger partial charge is 0.382 e. The second-order valence-electron chi connectivity index (χ2n) is 3.23.